The van der Waals surface area contributed by atoms with E-state index in [2.05, 4.69) is 0 Å². The first kappa shape index (κ1) is 17.2. The largest absolute Gasteiger partial charge is 1.00 e. The third-order valence-corrected chi connectivity index (χ3v) is 4.43. The number of anilines is 2. The maximum atomic E-state index is 12.5. The number of rotatable bonds is 4. The molecule has 1 aromatic heterocycles. The van der Waals surface area contributed by atoms with Gasteiger partial charge in [-0.1, -0.05) is 12.1 Å². The van der Waals surface area contributed by atoms with Crippen molar-refractivity contribution in [2.24, 2.45) is 0 Å². The van der Waals surface area contributed by atoms with Crippen molar-refractivity contribution in [2.45, 2.75) is 6.54 Å². The van der Waals surface area contributed by atoms with Crippen LogP contribution in [-0.2, 0) is 6.54 Å². The van der Waals surface area contributed by atoms with Gasteiger partial charge in [0.1, 0.15) is 11.3 Å². The molecule has 0 aliphatic heterocycles. The molecule has 0 saturated heterocycles. The van der Waals surface area contributed by atoms with E-state index in [9.17, 15) is 4.79 Å². The molecular formula is C16H16BrN3O2S. The van der Waals surface area contributed by atoms with Crippen LogP contribution in [0.1, 0.15) is 10.4 Å². The molecule has 0 radical (unpaired) electrons. The van der Waals surface area contributed by atoms with Crippen molar-refractivity contribution in [3.8, 4) is 5.75 Å². The smallest absolute Gasteiger partial charge is 0.333 e. The first-order chi connectivity index (χ1) is 10.6. The number of nitrogens with zero attached hydrogens (tertiary/aromatic N) is 1. The van der Waals surface area contributed by atoms with Crippen LogP contribution in [-0.4, -0.2) is 12.9 Å². The van der Waals surface area contributed by atoms with Crippen molar-refractivity contribution < 1.29 is 31.1 Å². The fourth-order valence-electron chi connectivity index (χ4n) is 2.32. The average molecular weight is 394 g/mol. The fourth-order valence-corrected chi connectivity index (χ4v) is 3.29. The van der Waals surface area contributed by atoms with E-state index in [-0.39, 0.29) is 29.3 Å². The van der Waals surface area contributed by atoms with E-state index in [1.54, 1.807) is 42.0 Å². The highest BCUT2D eigenvalue weighted by Gasteiger charge is 2.19. The molecule has 120 valence electrons. The second-order valence-corrected chi connectivity index (χ2v) is 5.97. The summed E-state index contributed by atoms with van der Waals surface area (Å²) in [7, 11) is 1.58. The number of Topliss-reactive ketones (excluding diaryl/α,β-unsaturated/α-hetero) is 1. The molecule has 0 spiro atoms. The van der Waals surface area contributed by atoms with Crippen LogP contribution in [0.3, 0.4) is 0 Å². The quantitative estimate of drug-likeness (QED) is 0.347. The number of carbonyl (C=O) groups is 1. The Hall–Kier alpha value is -2.12. The molecule has 5 nitrogen and oxygen atoms in total. The molecule has 0 unspecified atom stereocenters. The first-order valence-electron chi connectivity index (χ1n) is 6.73. The third kappa shape index (κ3) is 3.46. The van der Waals surface area contributed by atoms with Crippen molar-refractivity contribution in [3.05, 3.63) is 48.0 Å². The number of benzene rings is 2. The Labute approximate surface area is 148 Å². The molecule has 3 rings (SSSR count). The van der Waals surface area contributed by atoms with Gasteiger partial charge >= 0.3 is 5.13 Å². The van der Waals surface area contributed by atoms with Gasteiger partial charge in [-0.2, -0.15) is 0 Å². The highest BCUT2D eigenvalue weighted by molar-refractivity contribution is 7.21. The second kappa shape index (κ2) is 6.97. The van der Waals surface area contributed by atoms with Crippen molar-refractivity contribution >= 4 is 38.2 Å². The minimum atomic E-state index is -0.0212. The number of nitrogen functional groups attached to an aromatic ring is 2. The number of halogens is 1. The molecule has 0 fully saturated rings. The van der Waals surface area contributed by atoms with Gasteiger partial charge in [0.2, 0.25) is 5.78 Å². The van der Waals surface area contributed by atoms with Crippen LogP contribution in [0.5, 0.6) is 5.75 Å². The number of hydrogen-bond donors (Lipinski definition) is 2. The van der Waals surface area contributed by atoms with E-state index in [0.29, 0.717) is 22.1 Å². The minimum absolute atomic E-state index is 0. The van der Waals surface area contributed by atoms with E-state index in [1.807, 2.05) is 12.1 Å². The zero-order valence-corrected chi connectivity index (χ0v) is 14.9. The lowest BCUT2D eigenvalue weighted by Gasteiger charge is -2.03. The number of carbonyl (C=O) groups excluding carboxylic acids is 1. The Kier molecular flexibility index (Phi) is 5.23. The first-order valence-corrected chi connectivity index (χ1v) is 7.54. The summed E-state index contributed by atoms with van der Waals surface area (Å²) in [5.74, 6) is 0.638. The van der Waals surface area contributed by atoms with E-state index in [4.69, 9.17) is 16.2 Å². The molecule has 4 N–H and O–H groups in total. The molecule has 3 aromatic rings. The predicted octanol–water partition coefficient (Wildman–Crippen LogP) is -0.751. The van der Waals surface area contributed by atoms with Crippen LogP contribution in [0, 0.1) is 0 Å². The number of ether oxygens (including phenoxy) is 1. The van der Waals surface area contributed by atoms with Crippen molar-refractivity contribution in [2.75, 3.05) is 18.6 Å². The molecule has 1 heterocycles. The van der Waals surface area contributed by atoms with Gasteiger partial charge in [0.25, 0.3) is 0 Å². The molecule has 0 amide bonds. The average Bonchev–Trinajstić information content (AvgIpc) is 2.82. The van der Waals surface area contributed by atoms with Crippen LogP contribution in [0.25, 0.3) is 10.2 Å². The SMILES string of the molecule is COc1cccc(C(=O)C[n+]2c(N)sc3cc(N)ccc32)c1.[Br-]. The molecule has 2 aromatic carbocycles. The van der Waals surface area contributed by atoms with E-state index in [0.717, 1.165) is 10.2 Å². The lowest BCUT2D eigenvalue weighted by Crippen LogP contribution is -3.00. The van der Waals surface area contributed by atoms with Crippen molar-refractivity contribution in [1.82, 2.24) is 0 Å². The number of thiazole rings is 1. The Bertz CT molecular complexity index is 864. The lowest BCUT2D eigenvalue weighted by atomic mass is 10.1. The van der Waals surface area contributed by atoms with E-state index >= 15 is 0 Å². The second-order valence-electron chi connectivity index (χ2n) is 4.91. The summed E-state index contributed by atoms with van der Waals surface area (Å²) in [4.78, 5) is 12.5. The van der Waals surface area contributed by atoms with Crippen LogP contribution in [0.4, 0.5) is 10.8 Å². The van der Waals surface area contributed by atoms with Crippen LogP contribution in [0.2, 0.25) is 0 Å². The number of hydrogen-bond acceptors (Lipinski definition) is 5. The Morgan fingerprint density at radius 2 is 2.00 bits per heavy atom. The molecule has 23 heavy (non-hydrogen) atoms. The van der Waals surface area contributed by atoms with Crippen molar-refractivity contribution in [1.29, 1.82) is 0 Å². The monoisotopic (exact) mass is 393 g/mol. The lowest BCUT2D eigenvalue weighted by molar-refractivity contribution is -0.638. The molecule has 0 saturated carbocycles. The van der Waals surface area contributed by atoms with E-state index < -0.39 is 0 Å². The Balaban J connectivity index is 0.00000192. The predicted molar refractivity (Wildman–Crippen MR) is 88.2 cm³/mol. The molecule has 7 heteroatoms. The zero-order valence-electron chi connectivity index (χ0n) is 12.5. The molecule has 0 aliphatic rings. The van der Waals surface area contributed by atoms with Gasteiger partial charge < -0.3 is 27.5 Å². The van der Waals surface area contributed by atoms with Gasteiger partial charge in [-0.05, 0) is 41.7 Å². The van der Waals surface area contributed by atoms with Gasteiger partial charge in [0.05, 0.1) is 11.8 Å². The Morgan fingerprint density at radius 1 is 1.22 bits per heavy atom. The van der Waals surface area contributed by atoms with Gasteiger partial charge in [0.15, 0.2) is 6.54 Å². The zero-order chi connectivity index (χ0) is 15.7. The van der Waals surface area contributed by atoms with Gasteiger partial charge in [-0.3, -0.25) is 10.5 Å². The van der Waals surface area contributed by atoms with Crippen LogP contribution in [0.15, 0.2) is 42.5 Å². The molecule has 0 bridgehead atoms. The normalized spacial score (nSPS) is 10.3. The maximum absolute atomic E-state index is 12.5. The Morgan fingerprint density at radius 3 is 2.74 bits per heavy atom. The minimum Gasteiger partial charge on any atom is -1.00 e. The summed E-state index contributed by atoms with van der Waals surface area (Å²) in [6.45, 7) is 0.183. The number of ketones is 1. The summed E-state index contributed by atoms with van der Waals surface area (Å²) in [5, 5.41) is 0.580. The maximum Gasteiger partial charge on any atom is 0.333 e. The topological polar surface area (TPSA) is 82.2 Å². The highest BCUT2D eigenvalue weighted by Crippen LogP contribution is 2.24. The third-order valence-electron chi connectivity index (χ3n) is 3.45. The molecular weight excluding hydrogens is 378 g/mol. The standard InChI is InChI=1S/C16H15N3O2S.BrH/c1-21-12-4-2-3-10(7-12)14(20)9-19-13-6-5-11(17)8-15(13)22-16(19)18;/h2-8,18H,9,17H2,1H3;1H. The van der Waals surface area contributed by atoms with Crippen molar-refractivity contribution in [3.63, 3.8) is 0 Å². The summed E-state index contributed by atoms with van der Waals surface area (Å²) in [6.07, 6.45) is 0. The molecule has 0 aliphatic carbocycles. The summed E-state index contributed by atoms with van der Waals surface area (Å²) >= 11 is 1.42. The van der Waals surface area contributed by atoms with Gasteiger partial charge in [-0.15, -0.1) is 0 Å². The summed E-state index contributed by atoms with van der Waals surface area (Å²) in [5.41, 5.74) is 14.0. The van der Waals surface area contributed by atoms with E-state index in [1.165, 1.54) is 11.3 Å². The van der Waals surface area contributed by atoms with Gasteiger partial charge in [-0.25, -0.2) is 4.57 Å². The highest BCUT2D eigenvalue weighted by atomic mass is 79.9. The number of fused-ring (bicyclic) bond motifs is 1. The number of nitrogens with two attached hydrogens (primary N) is 2. The van der Waals surface area contributed by atoms with Crippen LogP contribution < -0.4 is 37.8 Å². The number of methoxy groups -OCH3 is 1. The van der Waals surface area contributed by atoms with Crippen LogP contribution >= 0.6 is 11.3 Å². The molecule has 0 atom stereocenters. The summed E-state index contributed by atoms with van der Waals surface area (Å²) in [6, 6.07) is 12.7. The van der Waals surface area contributed by atoms with Gasteiger partial charge in [0, 0.05) is 11.3 Å². The number of aromatic nitrogens is 1. The summed E-state index contributed by atoms with van der Waals surface area (Å²) < 4.78 is 7.93. The fraction of sp³-hybridized carbons (Fsp3) is 0.125.